The quantitative estimate of drug-likeness (QED) is 0.841. The monoisotopic (exact) mass is 209 g/mol. The highest BCUT2D eigenvalue weighted by Gasteiger charge is 2.12. The van der Waals surface area contributed by atoms with Crippen molar-refractivity contribution in [1.29, 1.82) is 0 Å². The van der Waals surface area contributed by atoms with Gasteiger partial charge in [-0.25, -0.2) is 0 Å². The Morgan fingerprint density at radius 3 is 3.14 bits per heavy atom. The number of hydrogen-bond acceptors (Lipinski definition) is 5. The fourth-order valence-electron chi connectivity index (χ4n) is 1.27. The predicted octanol–water partition coefficient (Wildman–Crippen LogP) is 2.69. The number of nitrogens with one attached hydrogen (secondary N) is 1. The molecule has 0 radical (unpaired) electrons. The van der Waals surface area contributed by atoms with Gasteiger partial charge < -0.3 is 9.73 Å². The smallest absolute Gasteiger partial charge is 0.130 e. The molecule has 2 aromatic rings. The number of rotatable bonds is 4. The highest BCUT2D eigenvalue weighted by molar-refractivity contribution is 7.09. The largest absolute Gasteiger partial charge is 0.467 e. The standard InChI is InChI=1S/C9H11N3OS/c1-2-7(8-4-3-5-13-8)11-9-6-10-12-14-9/h3-7,11H,2H2,1H3. The zero-order valence-corrected chi connectivity index (χ0v) is 8.62. The molecule has 1 atom stereocenters. The Bertz CT molecular complexity index is 357. The minimum Gasteiger partial charge on any atom is -0.467 e. The molecule has 0 saturated heterocycles. The molecule has 2 heterocycles. The third-order valence-corrected chi connectivity index (χ3v) is 2.57. The summed E-state index contributed by atoms with van der Waals surface area (Å²) in [7, 11) is 0. The van der Waals surface area contributed by atoms with Crippen LogP contribution in [-0.2, 0) is 0 Å². The first-order valence-electron chi connectivity index (χ1n) is 4.47. The van der Waals surface area contributed by atoms with Crippen molar-refractivity contribution in [2.24, 2.45) is 0 Å². The van der Waals surface area contributed by atoms with Gasteiger partial charge in [-0.15, -0.1) is 5.10 Å². The molecule has 2 aromatic heterocycles. The summed E-state index contributed by atoms with van der Waals surface area (Å²) in [6.45, 7) is 2.11. The van der Waals surface area contributed by atoms with E-state index >= 15 is 0 Å². The van der Waals surface area contributed by atoms with Crippen molar-refractivity contribution in [2.75, 3.05) is 5.32 Å². The maximum Gasteiger partial charge on any atom is 0.130 e. The molecule has 0 amide bonds. The number of anilines is 1. The Morgan fingerprint density at radius 1 is 1.64 bits per heavy atom. The second-order valence-electron chi connectivity index (χ2n) is 2.90. The molecule has 4 nitrogen and oxygen atoms in total. The molecule has 0 aliphatic carbocycles. The molecule has 1 N–H and O–H groups in total. The lowest BCUT2D eigenvalue weighted by atomic mass is 10.2. The van der Waals surface area contributed by atoms with Crippen LogP contribution in [0.5, 0.6) is 0 Å². The lowest BCUT2D eigenvalue weighted by Gasteiger charge is -2.12. The Kier molecular flexibility index (Phi) is 2.78. The second kappa shape index (κ2) is 4.23. The van der Waals surface area contributed by atoms with E-state index < -0.39 is 0 Å². The van der Waals surface area contributed by atoms with Crippen LogP contribution in [-0.4, -0.2) is 9.59 Å². The van der Waals surface area contributed by atoms with Gasteiger partial charge in [0.2, 0.25) is 0 Å². The summed E-state index contributed by atoms with van der Waals surface area (Å²) in [5.74, 6) is 0.945. The van der Waals surface area contributed by atoms with E-state index in [0.29, 0.717) is 0 Å². The Labute approximate surface area is 86.1 Å². The van der Waals surface area contributed by atoms with Crippen molar-refractivity contribution in [2.45, 2.75) is 19.4 Å². The van der Waals surface area contributed by atoms with Crippen molar-refractivity contribution in [3.63, 3.8) is 0 Å². The van der Waals surface area contributed by atoms with Gasteiger partial charge in [0.15, 0.2) is 0 Å². The Balaban J connectivity index is 2.08. The van der Waals surface area contributed by atoms with Crippen LogP contribution < -0.4 is 5.32 Å². The number of nitrogens with zero attached hydrogens (tertiary/aromatic N) is 2. The number of furan rings is 1. The second-order valence-corrected chi connectivity index (χ2v) is 3.69. The average molecular weight is 209 g/mol. The molecule has 2 rings (SSSR count). The SMILES string of the molecule is CCC(Nc1cnns1)c1ccco1. The van der Waals surface area contributed by atoms with E-state index in [4.69, 9.17) is 4.42 Å². The van der Waals surface area contributed by atoms with Gasteiger partial charge in [-0.1, -0.05) is 11.4 Å². The lowest BCUT2D eigenvalue weighted by molar-refractivity contribution is 0.474. The minimum atomic E-state index is 0.201. The van der Waals surface area contributed by atoms with Crippen molar-refractivity contribution >= 4 is 16.5 Å². The van der Waals surface area contributed by atoms with Crippen molar-refractivity contribution < 1.29 is 4.42 Å². The normalized spacial score (nSPS) is 12.6. The van der Waals surface area contributed by atoms with E-state index in [0.717, 1.165) is 17.2 Å². The molecule has 5 heteroatoms. The molecule has 0 aliphatic heterocycles. The van der Waals surface area contributed by atoms with E-state index in [1.54, 1.807) is 12.5 Å². The van der Waals surface area contributed by atoms with Gasteiger partial charge in [0.25, 0.3) is 0 Å². The summed E-state index contributed by atoms with van der Waals surface area (Å²) >= 11 is 1.35. The van der Waals surface area contributed by atoms with Gasteiger partial charge in [0, 0.05) is 11.5 Å². The fourth-order valence-corrected chi connectivity index (χ4v) is 1.74. The molecule has 0 aromatic carbocycles. The molecule has 0 aliphatic rings. The van der Waals surface area contributed by atoms with Crippen LogP contribution in [0.4, 0.5) is 5.00 Å². The van der Waals surface area contributed by atoms with Gasteiger partial charge >= 0.3 is 0 Å². The molecular formula is C9H11N3OS. The van der Waals surface area contributed by atoms with Gasteiger partial charge in [0.1, 0.15) is 10.8 Å². The topological polar surface area (TPSA) is 51.0 Å². The maximum absolute atomic E-state index is 5.34. The highest BCUT2D eigenvalue weighted by atomic mass is 32.1. The first-order valence-corrected chi connectivity index (χ1v) is 5.24. The summed E-state index contributed by atoms with van der Waals surface area (Å²) in [6, 6.07) is 4.06. The maximum atomic E-state index is 5.34. The zero-order chi connectivity index (χ0) is 9.80. The van der Waals surface area contributed by atoms with Gasteiger partial charge in [0.05, 0.1) is 18.5 Å². The Hall–Kier alpha value is -1.36. The van der Waals surface area contributed by atoms with Crippen LogP contribution >= 0.6 is 11.5 Å². The van der Waals surface area contributed by atoms with Crippen LogP contribution in [0.25, 0.3) is 0 Å². The first kappa shape index (κ1) is 9.21. The van der Waals surface area contributed by atoms with E-state index in [-0.39, 0.29) is 6.04 Å². The molecule has 14 heavy (non-hydrogen) atoms. The minimum absolute atomic E-state index is 0.201. The van der Waals surface area contributed by atoms with Gasteiger partial charge in [-0.2, -0.15) is 0 Å². The number of aromatic nitrogens is 2. The van der Waals surface area contributed by atoms with Gasteiger partial charge in [-0.05, 0) is 18.6 Å². The summed E-state index contributed by atoms with van der Waals surface area (Å²) in [6.07, 6.45) is 4.37. The van der Waals surface area contributed by atoms with Gasteiger partial charge in [-0.3, -0.25) is 0 Å². The zero-order valence-electron chi connectivity index (χ0n) is 7.80. The van der Waals surface area contributed by atoms with Crippen molar-refractivity contribution in [3.8, 4) is 0 Å². The third kappa shape index (κ3) is 1.93. The Morgan fingerprint density at radius 2 is 2.57 bits per heavy atom. The summed E-state index contributed by atoms with van der Waals surface area (Å²) in [5.41, 5.74) is 0. The van der Waals surface area contributed by atoms with Crippen LogP contribution in [0.1, 0.15) is 25.1 Å². The van der Waals surface area contributed by atoms with E-state index in [9.17, 15) is 0 Å². The van der Waals surface area contributed by atoms with Crippen LogP contribution in [0.3, 0.4) is 0 Å². The lowest BCUT2D eigenvalue weighted by Crippen LogP contribution is -2.07. The fraction of sp³-hybridized carbons (Fsp3) is 0.333. The van der Waals surface area contributed by atoms with Crippen LogP contribution in [0.15, 0.2) is 29.0 Å². The molecule has 0 bridgehead atoms. The van der Waals surface area contributed by atoms with E-state index in [1.807, 2.05) is 12.1 Å². The molecule has 0 fully saturated rings. The molecule has 0 spiro atoms. The predicted molar refractivity (Wildman–Crippen MR) is 55.3 cm³/mol. The highest BCUT2D eigenvalue weighted by Crippen LogP contribution is 2.23. The van der Waals surface area contributed by atoms with Crippen LogP contribution in [0, 0.1) is 0 Å². The van der Waals surface area contributed by atoms with E-state index in [1.165, 1.54) is 11.5 Å². The summed E-state index contributed by atoms with van der Waals surface area (Å²) in [4.78, 5) is 0. The summed E-state index contributed by atoms with van der Waals surface area (Å²) < 4.78 is 9.13. The summed E-state index contributed by atoms with van der Waals surface area (Å²) in [5, 5.41) is 8.04. The van der Waals surface area contributed by atoms with E-state index in [2.05, 4.69) is 21.8 Å². The average Bonchev–Trinajstić information content (AvgIpc) is 2.86. The van der Waals surface area contributed by atoms with Crippen LogP contribution in [0.2, 0.25) is 0 Å². The molecular weight excluding hydrogens is 198 g/mol. The molecule has 74 valence electrons. The third-order valence-electron chi connectivity index (χ3n) is 1.97. The van der Waals surface area contributed by atoms with Crippen molar-refractivity contribution in [1.82, 2.24) is 9.59 Å². The van der Waals surface area contributed by atoms with Crippen molar-refractivity contribution in [3.05, 3.63) is 30.4 Å². The molecule has 1 unspecified atom stereocenters. The molecule has 0 saturated carbocycles. The first-order chi connectivity index (χ1) is 6.90. The number of hydrogen-bond donors (Lipinski definition) is 1.